The summed E-state index contributed by atoms with van der Waals surface area (Å²) in [6.45, 7) is 0. The van der Waals surface area contributed by atoms with E-state index < -0.39 is 0 Å². The Morgan fingerprint density at radius 1 is 1.00 bits per heavy atom. The molecule has 0 bridgehead atoms. The molecule has 96 valence electrons. The van der Waals surface area contributed by atoms with Crippen LogP contribution >= 0.6 is 15.9 Å². The van der Waals surface area contributed by atoms with Gasteiger partial charge in [0, 0.05) is 16.7 Å². The Hall–Kier alpha value is -1.92. The first-order valence-corrected chi connectivity index (χ1v) is 6.48. The SMILES string of the molecule is C#Cc1ccccc1-c1cc(OC)c(Br)cc1OC. The Labute approximate surface area is 121 Å². The van der Waals surface area contributed by atoms with Crippen LogP contribution in [0.2, 0.25) is 0 Å². The van der Waals surface area contributed by atoms with Crippen LogP contribution in [-0.2, 0) is 0 Å². The van der Waals surface area contributed by atoms with E-state index in [1.807, 2.05) is 36.4 Å². The van der Waals surface area contributed by atoms with Crippen molar-refractivity contribution in [2.45, 2.75) is 0 Å². The molecule has 2 nitrogen and oxygen atoms in total. The molecule has 2 aromatic carbocycles. The molecule has 0 amide bonds. The topological polar surface area (TPSA) is 18.5 Å². The summed E-state index contributed by atoms with van der Waals surface area (Å²) in [5.41, 5.74) is 2.69. The minimum Gasteiger partial charge on any atom is -0.496 e. The van der Waals surface area contributed by atoms with Crippen molar-refractivity contribution in [2.75, 3.05) is 14.2 Å². The molecule has 0 saturated carbocycles. The summed E-state index contributed by atoms with van der Waals surface area (Å²) in [6.07, 6.45) is 5.55. The zero-order valence-electron chi connectivity index (χ0n) is 10.7. The normalized spacial score (nSPS) is 9.79. The molecular formula is C16H13BrO2. The molecule has 2 aromatic rings. The smallest absolute Gasteiger partial charge is 0.133 e. The van der Waals surface area contributed by atoms with Crippen molar-refractivity contribution in [3.05, 3.63) is 46.4 Å². The molecule has 0 fully saturated rings. The summed E-state index contributed by atoms with van der Waals surface area (Å²) in [5, 5.41) is 0. The molecule has 0 aliphatic heterocycles. The van der Waals surface area contributed by atoms with E-state index in [0.717, 1.165) is 32.7 Å². The van der Waals surface area contributed by atoms with E-state index in [2.05, 4.69) is 21.9 Å². The molecular weight excluding hydrogens is 304 g/mol. The minimum absolute atomic E-state index is 0.739. The summed E-state index contributed by atoms with van der Waals surface area (Å²) in [7, 11) is 3.26. The van der Waals surface area contributed by atoms with Crippen molar-refractivity contribution in [3.8, 4) is 35.0 Å². The van der Waals surface area contributed by atoms with Gasteiger partial charge in [-0.05, 0) is 34.1 Å². The highest BCUT2D eigenvalue weighted by atomic mass is 79.9. The van der Waals surface area contributed by atoms with Crippen molar-refractivity contribution in [2.24, 2.45) is 0 Å². The summed E-state index contributed by atoms with van der Waals surface area (Å²) < 4.78 is 11.6. The molecule has 2 rings (SSSR count). The van der Waals surface area contributed by atoms with Crippen molar-refractivity contribution < 1.29 is 9.47 Å². The first kappa shape index (κ1) is 13.5. The van der Waals surface area contributed by atoms with Gasteiger partial charge in [0.05, 0.1) is 18.7 Å². The zero-order valence-corrected chi connectivity index (χ0v) is 12.3. The molecule has 0 N–H and O–H groups in total. The molecule has 0 unspecified atom stereocenters. The number of methoxy groups -OCH3 is 2. The average Bonchev–Trinajstić information content (AvgIpc) is 2.46. The van der Waals surface area contributed by atoms with E-state index in [-0.39, 0.29) is 0 Å². The lowest BCUT2D eigenvalue weighted by atomic mass is 9.99. The predicted octanol–water partition coefficient (Wildman–Crippen LogP) is 4.11. The Bertz CT molecular complexity index is 642. The fraction of sp³-hybridized carbons (Fsp3) is 0.125. The van der Waals surface area contributed by atoms with E-state index in [4.69, 9.17) is 15.9 Å². The second-order valence-electron chi connectivity index (χ2n) is 3.88. The summed E-state index contributed by atoms with van der Waals surface area (Å²) in [4.78, 5) is 0. The zero-order chi connectivity index (χ0) is 13.8. The number of rotatable bonds is 3. The summed E-state index contributed by atoms with van der Waals surface area (Å²) in [6, 6.07) is 11.5. The minimum atomic E-state index is 0.739. The van der Waals surface area contributed by atoms with Crippen LogP contribution in [0.15, 0.2) is 40.9 Å². The molecule has 0 radical (unpaired) electrons. The second-order valence-corrected chi connectivity index (χ2v) is 4.73. The van der Waals surface area contributed by atoms with Crippen LogP contribution in [0.4, 0.5) is 0 Å². The third-order valence-corrected chi connectivity index (χ3v) is 3.47. The standard InChI is InChI=1S/C16H13BrO2/c1-4-11-7-5-6-8-12(11)13-9-16(19-3)14(17)10-15(13)18-2/h1,5-10H,2-3H3. The third kappa shape index (κ3) is 2.59. The molecule has 19 heavy (non-hydrogen) atoms. The van der Waals surface area contributed by atoms with Gasteiger partial charge in [-0.3, -0.25) is 0 Å². The second kappa shape index (κ2) is 5.81. The summed E-state index contributed by atoms with van der Waals surface area (Å²) >= 11 is 3.45. The van der Waals surface area contributed by atoms with Crippen molar-refractivity contribution >= 4 is 15.9 Å². The largest absolute Gasteiger partial charge is 0.496 e. The van der Waals surface area contributed by atoms with E-state index in [1.54, 1.807) is 14.2 Å². The monoisotopic (exact) mass is 316 g/mol. The van der Waals surface area contributed by atoms with Gasteiger partial charge in [-0.1, -0.05) is 24.1 Å². The highest BCUT2D eigenvalue weighted by Gasteiger charge is 2.13. The van der Waals surface area contributed by atoms with Crippen LogP contribution in [0, 0.1) is 12.3 Å². The molecule has 0 aliphatic rings. The Morgan fingerprint density at radius 2 is 1.68 bits per heavy atom. The van der Waals surface area contributed by atoms with Gasteiger partial charge in [-0.15, -0.1) is 6.42 Å². The van der Waals surface area contributed by atoms with Gasteiger partial charge >= 0.3 is 0 Å². The molecule has 0 aliphatic carbocycles. The van der Waals surface area contributed by atoms with Crippen LogP contribution in [-0.4, -0.2) is 14.2 Å². The van der Waals surface area contributed by atoms with Crippen LogP contribution < -0.4 is 9.47 Å². The highest BCUT2D eigenvalue weighted by molar-refractivity contribution is 9.10. The lowest BCUT2D eigenvalue weighted by Crippen LogP contribution is -1.93. The first-order valence-electron chi connectivity index (χ1n) is 5.68. The number of hydrogen-bond donors (Lipinski definition) is 0. The molecule has 0 saturated heterocycles. The van der Waals surface area contributed by atoms with E-state index >= 15 is 0 Å². The average molecular weight is 317 g/mol. The van der Waals surface area contributed by atoms with Crippen LogP contribution in [0.3, 0.4) is 0 Å². The maximum Gasteiger partial charge on any atom is 0.133 e. The highest BCUT2D eigenvalue weighted by Crippen LogP contribution is 2.39. The third-order valence-electron chi connectivity index (χ3n) is 2.85. The van der Waals surface area contributed by atoms with Gasteiger partial charge in [0.1, 0.15) is 11.5 Å². The van der Waals surface area contributed by atoms with Crippen molar-refractivity contribution in [1.29, 1.82) is 0 Å². The van der Waals surface area contributed by atoms with E-state index in [1.165, 1.54) is 0 Å². The quantitative estimate of drug-likeness (QED) is 0.793. The molecule has 3 heteroatoms. The van der Waals surface area contributed by atoms with Gasteiger partial charge in [0.2, 0.25) is 0 Å². The number of hydrogen-bond acceptors (Lipinski definition) is 2. The fourth-order valence-corrected chi connectivity index (χ4v) is 2.40. The molecule has 0 spiro atoms. The Kier molecular flexibility index (Phi) is 4.13. The Morgan fingerprint density at radius 3 is 2.32 bits per heavy atom. The predicted molar refractivity (Wildman–Crippen MR) is 80.6 cm³/mol. The van der Waals surface area contributed by atoms with Gasteiger partial charge in [0.25, 0.3) is 0 Å². The molecule has 0 atom stereocenters. The Balaban J connectivity index is 2.70. The van der Waals surface area contributed by atoms with E-state index in [0.29, 0.717) is 0 Å². The first-order chi connectivity index (χ1) is 9.21. The van der Waals surface area contributed by atoms with Gasteiger partial charge in [-0.25, -0.2) is 0 Å². The summed E-state index contributed by atoms with van der Waals surface area (Å²) in [5.74, 6) is 4.17. The fourth-order valence-electron chi connectivity index (χ4n) is 1.91. The maximum absolute atomic E-state index is 5.55. The van der Waals surface area contributed by atoms with Crippen molar-refractivity contribution in [1.82, 2.24) is 0 Å². The number of benzene rings is 2. The van der Waals surface area contributed by atoms with Crippen LogP contribution in [0.25, 0.3) is 11.1 Å². The van der Waals surface area contributed by atoms with Gasteiger partial charge in [0.15, 0.2) is 0 Å². The van der Waals surface area contributed by atoms with Gasteiger partial charge < -0.3 is 9.47 Å². The van der Waals surface area contributed by atoms with Crippen LogP contribution in [0.5, 0.6) is 11.5 Å². The van der Waals surface area contributed by atoms with Gasteiger partial charge in [-0.2, -0.15) is 0 Å². The molecule has 0 aromatic heterocycles. The number of terminal acetylenes is 1. The molecule has 0 heterocycles. The number of ether oxygens (including phenoxy) is 2. The number of halogens is 1. The van der Waals surface area contributed by atoms with Crippen LogP contribution in [0.1, 0.15) is 5.56 Å². The lowest BCUT2D eigenvalue weighted by Gasteiger charge is -2.13. The van der Waals surface area contributed by atoms with Crippen molar-refractivity contribution in [3.63, 3.8) is 0 Å². The van der Waals surface area contributed by atoms with E-state index in [9.17, 15) is 0 Å². The maximum atomic E-state index is 5.55. The lowest BCUT2D eigenvalue weighted by molar-refractivity contribution is 0.402.